The second-order valence-electron chi connectivity index (χ2n) is 6.40. The maximum absolute atomic E-state index is 12.2. The van der Waals surface area contributed by atoms with E-state index in [1.165, 1.54) is 4.90 Å². The third kappa shape index (κ3) is 8.27. The minimum Gasteiger partial charge on any atom is -0.445 e. The number of nitrogens with one attached hydrogen (secondary N) is 2. The average molecular weight is 416 g/mol. The van der Waals surface area contributed by atoms with Gasteiger partial charge in [0.15, 0.2) is 0 Å². The number of benzene rings is 2. The van der Waals surface area contributed by atoms with Crippen LogP contribution in [-0.2, 0) is 16.1 Å². The Hall–Kier alpha value is -3.00. The van der Waals surface area contributed by atoms with Gasteiger partial charge in [-0.2, -0.15) is 0 Å². The van der Waals surface area contributed by atoms with Crippen LogP contribution in [0.15, 0.2) is 59.5 Å². The average Bonchev–Trinajstić information content (AvgIpc) is 2.71. The molecule has 0 aliphatic heterocycles. The Morgan fingerprint density at radius 3 is 2.41 bits per heavy atom. The van der Waals surface area contributed by atoms with Crippen LogP contribution >= 0.6 is 11.8 Å². The van der Waals surface area contributed by atoms with E-state index < -0.39 is 6.09 Å². The van der Waals surface area contributed by atoms with Crippen molar-refractivity contribution in [2.45, 2.75) is 24.3 Å². The number of para-hydroxylation sites is 1. The number of anilines is 1. The van der Waals surface area contributed by atoms with Gasteiger partial charge in [-0.25, -0.2) is 4.79 Å². The van der Waals surface area contributed by atoms with Gasteiger partial charge >= 0.3 is 6.09 Å². The zero-order chi connectivity index (χ0) is 21.1. The van der Waals surface area contributed by atoms with E-state index >= 15 is 0 Å². The molecule has 0 radical (unpaired) electrons. The van der Waals surface area contributed by atoms with Crippen LogP contribution in [0.3, 0.4) is 0 Å². The molecule has 0 bridgehead atoms. The van der Waals surface area contributed by atoms with Gasteiger partial charge in [-0.1, -0.05) is 42.5 Å². The molecule has 2 N–H and O–H groups in total. The second-order valence-corrected chi connectivity index (χ2v) is 7.39. The summed E-state index contributed by atoms with van der Waals surface area (Å²) in [5.41, 5.74) is 1.50. The molecule has 0 spiro atoms. The summed E-state index contributed by atoms with van der Waals surface area (Å²) in [6.45, 7) is 0.532. The highest BCUT2D eigenvalue weighted by Crippen LogP contribution is 2.28. The van der Waals surface area contributed by atoms with Crippen LogP contribution in [0.25, 0.3) is 0 Å². The normalized spacial score (nSPS) is 10.1. The molecule has 2 aromatic carbocycles. The van der Waals surface area contributed by atoms with Crippen LogP contribution in [0.5, 0.6) is 0 Å². The van der Waals surface area contributed by atoms with E-state index in [2.05, 4.69) is 10.6 Å². The zero-order valence-electron chi connectivity index (χ0n) is 16.5. The lowest BCUT2D eigenvalue weighted by molar-refractivity contribution is -0.116. The van der Waals surface area contributed by atoms with E-state index in [9.17, 15) is 14.4 Å². The van der Waals surface area contributed by atoms with E-state index in [0.29, 0.717) is 23.5 Å². The number of carbonyl (C=O) groups excluding carboxylic acids is 3. The minimum absolute atomic E-state index is 0.120. The second kappa shape index (κ2) is 11.8. The standard InChI is InChI=1S/C21H25N3O4S/c1-24(2)21(27)29-18-12-7-6-11-17(18)23-19(25)13-8-14-22-20(26)28-15-16-9-4-3-5-10-16/h3-7,9-12H,8,13-15H2,1-2H3,(H,22,26)(H,23,25). The van der Waals surface area contributed by atoms with Gasteiger partial charge in [0, 0.05) is 32.0 Å². The van der Waals surface area contributed by atoms with E-state index in [-0.39, 0.29) is 24.2 Å². The Morgan fingerprint density at radius 2 is 1.69 bits per heavy atom. The van der Waals surface area contributed by atoms with Crippen molar-refractivity contribution in [3.05, 3.63) is 60.2 Å². The molecular weight excluding hydrogens is 390 g/mol. The number of rotatable bonds is 8. The third-order valence-electron chi connectivity index (χ3n) is 3.79. The summed E-state index contributed by atoms with van der Waals surface area (Å²) < 4.78 is 5.11. The molecule has 29 heavy (non-hydrogen) atoms. The van der Waals surface area contributed by atoms with E-state index in [1.54, 1.807) is 32.3 Å². The van der Waals surface area contributed by atoms with E-state index in [0.717, 1.165) is 17.3 Å². The summed E-state index contributed by atoms with van der Waals surface area (Å²) in [4.78, 5) is 37.9. The minimum atomic E-state index is -0.516. The number of ether oxygens (including phenoxy) is 1. The lowest BCUT2D eigenvalue weighted by Gasteiger charge is -2.13. The summed E-state index contributed by atoms with van der Waals surface area (Å²) in [6, 6.07) is 16.5. The summed E-state index contributed by atoms with van der Waals surface area (Å²) >= 11 is 1.05. The van der Waals surface area contributed by atoms with Gasteiger partial charge < -0.3 is 20.3 Å². The summed E-state index contributed by atoms with van der Waals surface area (Å²) in [5, 5.41) is 5.32. The highest BCUT2D eigenvalue weighted by Gasteiger charge is 2.12. The Kier molecular flexibility index (Phi) is 9.04. The van der Waals surface area contributed by atoms with Gasteiger partial charge in [-0.05, 0) is 35.9 Å². The molecule has 8 heteroatoms. The summed E-state index contributed by atoms with van der Waals surface area (Å²) in [7, 11) is 3.35. The fraction of sp³-hybridized carbons (Fsp3) is 0.286. The molecule has 0 atom stereocenters. The number of amides is 3. The van der Waals surface area contributed by atoms with Crippen molar-refractivity contribution in [1.29, 1.82) is 0 Å². The molecule has 0 saturated heterocycles. The number of hydrogen-bond acceptors (Lipinski definition) is 5. The predicted octanol–water partition coefficient (Wildman–Crippen LogP) is 4.11. The molecule has 2 aromatic rings. The molecule has 0 aliphatic rings. The molecule has 2 rings (SSSR count). The van der Waals surface area contributed by atoms with E-state index in [4.69, 9.17) is 4.74 Å². The highest BCUT2D eigenvalue weighted by atomic mass is 32.2. The molecule has 0 unspecified atom stereocenters. The van der Waals surface area contributed by atoms with Crippen molar-refractivity contribution < 1.29 is 19.1 Å². The van der Waals surface area contributed by atoms with Crippen LogP contribution in [0.4, 0.5) is 15.3 Å². The van der Waals surface area contributed by atoms with Crippen molar-refractivity contribution in [2.75, 3.05) is 26.0 Å². The van der Waals surface area contributed by atoms with Gasteiger partial charge in [0.05, 0.1) is 5.69 Å². The van der Waals surface area contributed by atoms with Crippen LogP contribution in [-0.4, -0.2) is 42.8 Å². The number of hydrogen-bond donors (Lipinski definition) is 2. The van der Waals surface area contributed by atoms with Crippen molar-refractivity contribution in [2.24, 2.45) is 0 Å². The zero-order valence-corrected chi connectivity index (χ0v) is 17.3. The molecule has 0 saturated carbocycles. The molecule has 0 aliphatic carbocycles. The molecular formula is C21H25N3O4S. The Bertz CT molecular complexity index is 828. The van der Waals surface area contributed by atoms with Crippen LogP contribution in [0.1, 0.15) is 18.4 Å². The topological polar surface area (TPSA) is 87.7 Å². The lowest BCUT2D eigenvalue weighted by atomic mass is 10.2. The maximum atomic E-state index is 12.2. The first kappa shape index (κ1) is 22.3. The van der Waals surface area contributed by atoms with Gasteiger partial charge in [0.25, 0.3) is 5.24 Å². The Labute approximate surface area is 174 Å². The number of carbonyl (C=O) groups is 3. The number of nitrogens with zero attached hydrogens (tertiary/aromatic N) is 1. The van der Waals surface area contributed by atoms with E-state index in [1.807, 2.05) is 36.4 Å². The molecule has 3 amide bonds. The monoisotopic (exact) mass is 415 g/mol. The SMILES string of the molecule is CN(C)C(=O)Sc1ccccc1NC(=O)CCCNC(=O)OCc1ccccc1. The fourth-order valence-electron chi connectivity index (χ4n) is 2.27. The summed E-state index contributed by atoms with van der Waals surface area (Å²) in [6.07, 6.45) is 0.191. The van der Waals surface area contributed by atoms with Crippen molar-refractivity contribution in [3.63, 3.8) is 0 Å². The first-order chi connectivity index (χ1) is 14.0. The third-order valence-corrected chi connectivity index (χ3v) is 4.90. The quantitative estimate of drug-likeness (QED) is 0.500. The van der Waals surface area contributed by atoms with Gasteiger partial charge in [-0.3, -0.25) is 9.59 Å². The Morgan fingerprint density at radius 1 is 1.00 bits per heavy atom. The largest absolute Gasteiger partial charge is 0.445 e. The first-order valence-corrected chi connectivity index (χ1v) is 10.00. The first-order valence-electron chi connectivity index (χ1n) is 9.18. The molecule has 0 heterocycles. The van der Waals surface area contributed by atoms with Crippen molar-refractivity contribution >= 4 is 34.7 Å². The maximum Gasteiger partial charge on any atom is 0.407 e. The smallest absolute Gasteiger partial charge is 0.407 e. The van der Waals surface area contributed by atoms with Crippen LogP contribution in [0.2, 0.25) is 0 Å². The molecule has 7 nitrogen and oxygen atoms in total. The Balaban J connectivity index is 1.69. The van der Waals surface area contributed by atoms with Gasteiger partial charge in [0.1, 0.15) is 6.61 Å². The molecule has 0 aromatic heterocycles. The predicted molar refractivity (Wildman–Crippen MR) is 114 cm³/mol. The van der Waals surface area contributed by atoms with Crippen LogP contribution < -0.4 is 10.6 Å². The lowest BCUT2D eigenvalue weighted by Crippen LogP contribution is -2.26. The highest BCUT2D eigenvalue weighted by molar-refractivity contribution is 8.13. The molecule has 0 fully saturated rings. The number of alkyl carbamates (subject to hydrolysis) is 1. The summed E-state index contributed by atoms with van der Waals surface area (Å²) in [5.74, 6) is -0.185. The fourth-order valence-corrected chi connectivity index (χ4v) is 3.02. The van der Waals surface area contributed by atoms with Crippen molar-refractivity contribution in [1.82, 2.24) is 10.2 Å². The van der Waals surface area contributed by atoms with Crippen LogP contribution in [0, 0.1) is 0 Å². The van der Waals surface area contributed by atoms with Gasteiger partial charge in [-0.15, -0.1) is 0 Å². The number of thioether (sulfide) groups is 1. The molecule has 154 valence electrons. The van der Waals surface area contributed by atoms with Gasteiger partial charge in [0.2, 0.25) is 5.91 Å². The van der Waals surface area contributed by atoms with Crippen molar-refractivity contribution in [3.8, 4) is 0 Å².